The molecule has 2 saturated carbocycles. The van der Waals surface area contributed by atoms with Crippen LogP contribution in [-0.4, -0.2) is 21.9 Å². The third kappa shape index (κ3) is 3.57. The van der Waals surface area contributed by atoms with Gasteiger partial charge in [-0.2, -0.15) is 5.10 Å². The number of fused-ring (bicyclic) bond motifs is 2. The van der Waals surface area contributed by atoms with Crippen LogP contribution in [0.5, 0.6) is 0 Å². The SMILES string of the molecule is Cc1c(C(=O)O[C@H]2C[C@@H]3CC[C@@]2(C)C3(C)C)nn(-c2ccc(Cl)cc2Cl)c1-c1ccc(Cl)cc1. The molecule has 2 aliphatic carbocycles. The van der Waals surface area contributed by atoms with Crippen molar-refractivity contribution in [2.24, 2.45) is 16.7 Å². The van der Waals surface area contributed by atoms with E-state index >= 15 is 0 Å². The maximum Gasteiger partial charge on any atom is 0.359 e. The van der Waals surface area contributed by atoms with E-state index in [0.29, 0.717) is 32.4 Å². The lowest BCUT2D eigenvalue weighted by atomic mass is 9.70. The minimum atomic E-state index is -0.397. The zero-order chi connectivity index (χ0) is 24.4. The number of hydrogen-bond acceptors (Lipinski definition) is 3. The lowest BCUT2D eigenvalue weighted by molar-refractivity contribution is -0.0248. The van der Waals surface area contributed by atoms with Crippen LogP contribution < -0.4 is 0 Å². The molecule has 7 heteroatoms. The number of carbonyl (C=O) groups is 1. The molecule has 0 spiro atoms. The predicted molar refractivity (Wildman–Crippen MR) is 137 cm³/mol. The van der Waals surface area contributed by atoms with Crippen LogP contribution in [0, 0.1) is 23.7 Å². The highest BCUT2D eigenvalue weighted by Gasteiger charge is 2.63. The molecule has 0 N–H and O–H groups in total. The molecule has 4 nitrogen and oxygen atoms in total. The zero-order valence-corrected chi connectivity index (χ0v) is 21.9. The molecule has 2 bridgehead atoms. The van der Waals surface area contributed by atoms with Crippen molar-refractivity contribution in [3.63, 3.8) is 0 Å². The minimum Gasteiger partial charge on any atom is -0.457 e. The predicted octanol–water partition coefficient (Wildman–Crippen LogP) is 8.18. The summed E-state index contributed by atoms with van der Waals surface area (Å²) in [4.78, 5) is 13.5. The highest BCUT2D eigenvalue weighted by atomic mass is 35.5. The van der Waals surface area contributed by atoms with Gasteiger partial charge in [-0.1, -0.05) is 67.7 Å². The molecule has 0 amide bonds. The van der Waals surface area contributed by atoms with E-state index in [1.807, 2.05) is 31.2 Å². The third-order valence-corrected chi connectivity index (χ3v) is 9.32. The molecule has 3 aromatic rings. The first-order valence-corrected chi connectivity index (χ1v) is 12.7. The standard InChI is InChI=1S/C27H27Cl3N2O2/c1-15-23(25(33)34-22-13-17-11-12-27(22,4)26(17,2)3)31-32(21-10-9-19(29)14-20(21)30)24(15)16-5-7-18(28)8-6-16/h5-10,14,17,22H,11-13H2,1-4H3/t17-,22-,27+/m0/s1. The first-order valence-electron chi connectivity index (χ1n) is 11.5. The van der Waals surface area contributed by atoms with Crippen molar-refractivity contribution in [1.29, 1.82) is 0 Å². The van der Waals surface area contributed by atoms with E-state index in [2.05, 4.69) is 20.8 Å². The summed E-state index contributed by atoms with van der Waals surface area (Å²) < 4.78 is 7.86. The topological polar surface area (TPSA) is 44.1 Å². The Kier molecular flexibility index (Phi) is 5.78. The van der Waals surface area contributed by atoms with E-state index in [4.69, 9.17) is 44.6 Å². The third-order valence-electron chi connectivity index (χ3n) is 8.53. The fourth-order valence-corrected chi connectivity index (χ4v) is 6.57. The minimum absolute atomic E-state index is 0.0255. The fraction of sp³-hybridized carbons (Fsp3) is 0.407. The molecule has 0 aliphatic heterocycles. The molecule has 2 aromatic carbocycles. The molecule has 2 fully saturated rings. The van der Waals surface area contributed by atoms with Crippen molar-refractivity contribution in [2.45, 2.75) is 53.1 Å². The first-order chi connectivity index (χ1) is 16.0. The summed E-state index contributed by atoms with van der Waals surface area (Å²) in [6.45, 7) is 8.76. The largest absolute Gasteiger partial charge is 0.457 e. The van der Waals surface area contributed by atoms with E-state index < -0.39 is 5.97 Å². The van der Waals surface area contributed by atoms with Gasteiger partial charge in [0.15, 0.2) is 5.69 Å². The molecule has 5 rings (SSSR count). The number of esters is 1. The Morgan fingerprint density at radius 3 is 2.32 bits per heavy atom. The smallest absolute Gasteiger partial charge is 0.359 e. The maximum atomic E-state index is 13.5. The Balaban J connectivity index is 1.57. The van der Waals surface area contributed by atoms with Gasteiger partial charge in [-0.25, -0.2) is 9.48 Å². The molecule has 34 heavy (non-hydrogen) atoms. The summed E-state index contributed by atoms with van der Waals surface area (Å²) in [5, 5.41) is 6.31. The van der Waals surface area contributed by atoms with E-state index in [9.17, 15) is 4.79 Å². The molecular weight excluding hydrogens is 491 g/mol. The summed E-state index contributed by atoms with van der Waals surface area (Å²) in [6.07, 6.45) is 3.06. The Morgan fingerprint density at radius 2 is 1.74 bits per heavy atom. The molecule has 178 valence electrons. The summed E-state index contributed by atoms with van der Waals surface area (Å²) in [5.41, 5.74) is 3.40. The average molecular weight is 518 g/mol. The monoisotopic (exact) mass is 516 g/mol. The summed E-state index contributed by atoms with van der Waals surface area (Å²) >= 11 is 18.8. The van der Waals surface area contributed by atoms with Crippen LogP contribution in [0.3, 0.4) is 0 Å². The molecule has 0 radical (unpaired) electrons. The van der Waals surface area contributed by atoms with Gasteiger partial charge in [-0.3, -0.25) is 0 Å². The van der Waals surface area contributed by atoms with Crippen LogP contribution in [0.4, 0.5) is 0 Å². The van der Waals surface area contributed by atoms with Crippen molar-refractivity contribution < 1.29 is 9.53 Å². The van der Waals surface area contributed by atoms with Gasteiger partial charge in [-0.15, -0.1) is 0 Å². The number of ether oxygens (including phenoxy) is 1. The number of rotatable bonds is 4. The second-order valence-electron chi connectivity index (χ2n) is 10.3. The summed E-state index contributed by atoms with van der Waals surface area (Å²) in [7, 11) is 0. The molecule has 0 saturated heterocycles. The van der Waals surface area contributed by atoms with E-state index in [-0.39, 0.29) is 16.9 Å². The van der Waals surface area contributed by atoms with Gasteiger partial charge in [-0.05, 0) is 67.9 Å². The van der Waals surface area contributed by atoms with Crippen LogP contribution in [0.15, 0.2) is 42.5 Å². The Bertz CT molecular complexity index is 1280. The lowest BCUT2D eigenvalue weighted by Gasteiger charge is -2.38. The Labute approximate surface area is 215 Å². The Morgan fingerprint density at radius 1 is 1.06 bits per heavy atom. The van der Waals surface area contributed by atoms with Crippen LogP contribution >= 0.6 is 34.8 Å². The number of carbonyl (C=O) groups excluding carboxylic acids is 1. The first kappa shape index (κ1) is 23.7. The van der Waals surface area contributed by atoms with Gasteiger partial charge in [0.25, 0.3) is 0 Å². The van der Waals surface area contributed by atoms with Crippen molar-refractivity contribution in [3.8, 4) is 16.9 Å². The highest BCUT2D eigenvalue weighted by Crippen LogP contribution is 2.66. The summed E-state index contributed by atoms with van der Waals surface area (Å²) in [5.74, 6) is 0.178. The maximum absolute atomic E-state index is 13.5. The van der Waals surface area contributed by atoms with Crippen molar-refractivity contribution in [3.05, 3.63) is 68.8 Å². The summed E-state index contributed by atoms with van der Waals surface area (Å²) in [6, 6.07) is 12.6. The van der Waals surface area contributed by atoms with E-state index in [0.717, 1.165) is 29.7 Å². The zero-order valence-electron chi connectivity index (χ0n) is 19.7. The number of aromatic nitrogens is 2. The molecule has 1 aromatic heterocycles. The highest BCUT2D eigenvalue weighted by molar-refractivity contribution is 6.35. The van der Waals surface area contributed by atoms with Gasteiger partial charge in [0.05, 0.1) is 16.4 Å². The molecule has 2 aliphatic rings. The number of halogens is 3. The van der Waals surface area contributed by atoms with Crippen molar-refractivity contribution in [2.75, 3.05) is 0 Å². The quantitative estimate of drug-likeness (QED) is 0.328. The van der Waals surface area contributed by atoms with Gasteiger partial charge in [0, 0.05) is 26.6 Å². The number of benzene rings is 2. The molecule has 1 heterocycles. The van der Waals surface area contributed by atoms with E-state index in [1.165, 1.54) is 6.42 Å². The Hall–Kier alpha value is -2.01. The van der Waals surface area contributed by atoms with Crippen LogP contribution in [0.1, 0.15) is 56.1 Å². The van der Waals surface area contributed by atoms with Gasteiger partial charge >= 0.3 is 5.97 Å². The van der Waals surface area contributed by atoms with Crippen molar-refractivity contribution in [1.82, 2.24) is 9.78 Å². The van der Waals surface area contributed by atoms with Crippen LogP contribution in [0.2, 0.25) is 15.1 Å². The molecule has 3 atom stereocenters. The van der Waals surface area contributed by atoms with Crippen LogP contribution in [0.25, 0.3) is 16.9 Å². The second kappa shape index (κ2) is 8.29. The van der Waals surface area contributed by atoms with Crippen LogP contribution in [-0.2, 0) is 4.74 Å². The molecular formula is C27H27Cl3N2O2. The normalized spacial score (nSPS) is 25.0. The van der Waals surface area contributed by atoms with Gasteiger partial charge in [0.1, 0.15) is 6.10 Å². The van der Waals surface area contributed by atoms with Crippen molar-refractivity contribution >= 4 is 40.8 Å². The number of nitrogens with zero attached hydrogens (tertiary/aromatic N) is 2. The number of hydrogen-bond donors (Lipinski definition) is 0. The van der Waals surface area contributed by atoms with Gasteiger partial charge in [0.2, 0.25) is 0 Å². The van der Waals surface area contributed by atoms with E-state index in [1.54, 1.807) is 22.9 Å². The van der Waals surface area contributed by atoms with Gasteiger partial charge < -0.3 is 4.74 Å². The fourth-order valence-electron chi connectivity index (χ4n) is 5.96. The lowest BCUT2D eigenvalue weighted by Crippen LogP contribution is -2.38. The second-order valence-corrected chi connectivity index (χ2v) is 11.6. The average Bonchev–Trinajstić information content (AvgIpc) is 3.29. The molecule has 0 unspecified atom stereocenters.